The maximum Gasteiger partial charge on any atom is 0.233 e. The third kappa shape index (κ3) is 5.07. The summed E-state index contributed by atoms with van der Waals surface area (Å²) >= 11 is 1.26. The van der Waals surface area contributed by atoms with Gasteiger partial charge >= 0.3 is 0 Å². The summed E-state index contributed by atoms with van der Waals surface area (Å²) in [6.07, 6.45) is 2.32. The number of aromatic nitrogens is 4. The molecule has 146 valence electrons. The van der Waals surface area contributed by atoms with E-state index in [2.05, 4.69) is 22.4 Å². The van der Waals surface area contributed by atoms with Gasteiger partial charge in [-0.3, -0.25) is 4.79 Å². The first-order valence-electron chi connectivity index (χ1n) is 8.96. The van der Waals surface area contributed by atoms with Crippen LogP contribution in [0.1, 0.15) is 26.2 Å². The van der Waals surface area contributed by atoms with E-state index in [9.17, 15) is 13.2 Å². The Morgan fingerprint density at radius 2 is 2.11 bits per heavy atom. The Hall–Kier alpha value is -1.94. The number of sulfone groups is 1. The van der Waals surface area contributed by atoms with E-state index in [0.717, 1.165) is 18.5 Å². The SMILES string of the molecule is CCCCN(C(=O)CSc1nnnn1-c1ccccc1)[C@@H]1CCS(=O)(=O)C1. The molecule has 0 unspecified atom stereocenters. The van der Waals surface area contributed by atoms with Crippen LogP contribution in [0.3, 0.4) is 0 Å². The van der Waals surface area contributed by atoms with Crippen molar-refractivity contribution in [3.8, 4) is 5.69 Å². The molecule has 10 heteroatoms. The predicted molar refractivity (Wildman–Crippen MR) is 104 cm³/mol. The largest absolute Gasteiger partial charge is 0.338 e. The number of benzene rings is 1. The monoisotopic (exact) mass is 409 g/mol. The highest BCUT2D eigenvalue weighted by molar-refractivity contribution is 7.99. The highest BCUT2D eigenvalue weighted by Gasteiger charge is 2.34. The molecule has 0 N–H and O–H groups in total. The lowest BCUT2D eigenvalue weighted by Gasteiger charge is -2.28. The zero-order valence-corrected chi connectivity index (χ0v) is 16.8. The number of hydrogen-bond acceptors (Lipinski definition) is 7. The molecular formula is C17H23N5O3S2. The summed E-state index contributed by atoms with van der Waals surface area (Å²) in [5, 5.41) is 12.2. The van der Waals surface area contributed by atoms with Crippen LogP contribution in [0, 0.1) is 0 Å². The first-order chi connectivity index (χ1) is 13.0. The average Bonchev–Trinajstić information content (AvgIpc) is 3.27. The van der Waals surface area contributed by atoms with E-state index >= 15 is 0 Å². The molecule has 2 heterocycles. The van der Waals surface area contributed by atoms with Crippen LogP contribution in [-0.4, -0.2) is 69.3 Å². The van der Waals surface area contributed by atoms with Gasteiger partial charge in [-0.05, 0) is 35.4 Å². The fourth-order valence-corrected chi connectivity index (χ4v) is 5.58. The molecule has 1 aliphatic heterocycles. The van der Waals surface area contributed by atoms with Gasteiger partial charge in [0.25, 0.3) is 0 Å². The Balaban J connectivity index is 1.67. The molecule has 2 aromatic rings. The van der Waals surface area contributed by atoms with Gasteiger partial charge < -0.3 is 4.90 Å². The fourth-order valence-electron chi connectivity index (χ4n) is 3.07. The lowest BCUT2D eigenvalue weighted by molar-refractivity contribution is -0.130. The Morgan fingerprint density at radius 1 is 1.33 bits per heavy atom. The van der Waals surface area contributed by atoms with Crippen LogP contribution < -0.4 is 0 Å². The van der Waals surface area contributed by atoms with Crippen molar-refractivity contribution >= 4 is 27.5 Å². The van der Waals surface area contributed by atoms with Gasteiger partial charge in [0.2, 0.25) is 11.1 Å². The van der Waals surface area contributed by atoms with Crippen LogP contribution in [-0.2, 0) is 14.6 Å². The van der Waals surface area contributed by atoms with E-state index in [-0.39, 0.29) is 29.2 Å². The molecule has 1 atom stereocenters. The predicted octanol–water partition coefficient (Wildman–Crippen LogP) is 1.57. The number of unbranched alkanes of at least 4 members (excludes halogenated alkanes) is 1. The van der Waals surface area contributed by atoms with Gasteiger partial charge in [-0.25, -0.2) is 8.42 Å². The molecule has 3 rings (SSSR count). The van der Waals surface area contributed by atoms with Crippen LogP contribution in [0.25, 0.3) is 5.69 Å². The van der Waals surface area contributed by atoms with Crippen molar-refractivity contribution in [3.05, 3.63) is 30.3 Å². The number of carbonyl (C=O) groups excluding carboxylic acids is 1. The van der Waals surface area contributed by atoms with Crippen molar-refractivity contribution in [3.63, 3.8) is 0 Å². The summed E-state index contributed by atoms with van der Waals surface area (Å²) in [5.74, 6) is 0.327. The molecular weight excluding hydrogens is 386 g/mol. The molecule has 1 fully saturated rings. The lowest BCUT2D eigenvalue weighted by Crippen LogP contribution is -2.42. The number of rotatable bonds is 8. The molecule has 1 aliphatic rings. The Labute approximate surface area is 163 Å². The van der Waals surface area contributed by atoms with Gasteiger partial charge in [-0.2, -0.15) is 4.68 Å². The van der Waals surface area contributed by atoms with Crippen LogP contribution >= 0.6 is 11.8 Å². The Bertz CT molecular complexity index is 870. The van der Waals surface area contributed by atoms with E-state index in [1.165, 1.54) is 11.8 Å². The first-order valence-corrected chi connectivity index (χ1v) is 11.8. The standard InChI is InChI=1S/C17H23N5O3S2/c1-2-3-10-21(15-9-11-27(24,25)13-15)16(23)12-26-17-18-19-20-22(17)14-7-5-4-6-8-14/h4-8,15H,2-3,9-13H2,1H3/t15-/m1/s1. The summed E-state index contributed by atoms with van der Waals surface area (Å²) in [7, 11) is -3.04. The van der Waals surface area contributed by atoms with Crippen molar-refractivity contribution in [2.24, 2.45) is 0 Å². The number of amides is 1. The topological polar surface area (TPSA) is 98.1 Å². The van der Waals surface area contributed by atoms with Crippen LogP contribution in [0.2, 0.25) is 0 Å². The lowest BCUT2D eigenvalue weighted by atomic mass is 10.2. The molecule has 0 aliphatic carbocycles. The van der Waals surface area contributed by atoms with Gasteiger partial charge in [0.15, 0.2) is 9.84 Å². The number of carbonyl (C=O) groups is 1. The second kappa shape index (κ2) is 8.83. The van der Waals surface area contributed by atoms with E-state index in [4.69, 9.17) is 0 Å². The average molecular weight is 410 g/mol. The second-order valence-corrected chi connectivity index (χ2v) is 9.67. The normalized spacial score (nSPS) is 18.5. The Morgan fingerprint density at radius 3 is 2.78 bits per heavy atom. The van der Waals surface area contributed by atoms with Crippen molar-refractivity contribution in [1.82, 2.24) is 25.1 Å². The molecule has 8 nitrogen and oxygen atoms in total. The second-order valence-electron chi connectivity index (χ2n) is 6.50. The summed E-state index contributed by atoms with van der Waals surface area (Å²) in [6, 6.07) is 9.25. The summed E-state index contributed by atoms with van der Waals surface area (Å²) < 4.78 is 25.2. The van der Waals surface area contributed by atoms with Gasteiger partial charge in [0.1, 0.15) is 0 Å². The zero-order valence-electron chi connectivity index (χ0n) is 15.2. The number of hydrogen-bond donors (Lipinski definition) is 0. The third-order valence-corrected chi connectivity index (χ3v) is 7.14. The Kier molecular flexibility index (Phi) is 6.48. The number of para-hydroxylation sites is 1. The van der Waals surface area contributed by atoms with Gasteiger partial charge in [0.05, 0.1) is 22.9 Å². The fraction of sp³-hybridized carbons (Fsp3) is 0.529. The molecule has 27 heavy (non-hydrogen) atoms. The molecule has 0 spiro atoms. The molecule has 0 bridgehead atoms. The molecule has 0 radical (unpaired) electrons. The summed E-state index contributed by atoms with van der Waals surface area (Å²) in [5.41, 5.74) is 0.821. The number of thioether (sulfide) groups is 1. The number of tetrazole rings is 1. The summed E-state index contributed by atoms with van der Waals surface area (Å²) in [6.45, 7) is 2.64. The maximum atomic E-state index is 12.8. The molecule has 1 amide bonds. The first kappa shape index (κ1) is 19.8. The minimum atomic E-state index is -3.04. The molecule has 1 saturated heterocycles. The number of nitrogens with zero attached hydrogens (tertiary/aromatic N) is 5. The quantitative estimate of drug-likeness (QED) is 0.610. The van der Waals surface area contributed by atoms with Gasteiger partial charge in [-0.1, -0.05) is 43.3 Å². The summed E-state index contributed by atoms with van der Waals surface area (Å²) in [4.78, 5) is 14.6. The van der Waals surface area contributed by atoms with Crippen molar-refractivity contribution in [1.29, 1.82) is 0 Å². The van der Waals surface area contributed by atoms with E-state index < -0.39 is 9.84 Å². The van der Waals surface area contributed by atoms with Gasteiger partial charge in [-0.15, -0.1) is 5.10 Å². The third-order valence-electron chi connectivity index (χ3n) is 4.49. The smallest absolute Gasteiger partial charge is 0.233 e. The van der Waals surface area contributed by atoms with Crippen molar-refractivity contribution in [2.75, 3.05) is 23.8 Å². The highest BCUT2D eigenvalue weighted by Crippen LogP contribution is 2.22. The van der Waals surface area contributed by atoms with E-state index in [1.807, 2.05) is 30.3 Å². The van der Waals surface area contributed by atoms with E-state index in [0.29, 0.717) is 18.1 Å². The van der Waals surface area contributed by atoms with Crippen molar-refractivity contribution < 1.29 is 13.2 Å². The molecule has 1 aromatic carbocycles. The zero-order chi connectivity index (χ0) is 19.3. The van der Waals surface area contributed by atoms with Crippen LogP contribution in [0.4, 0.5) is 0 Å². The minimum absolute atomic E-state index is 0.0644. The van der Waals surface area contributed by atoms with Crippen LogP contribution in [0.5, 0.6) is 0 Å². The van der Waals surface area contributed by atoms with E-state index in [1.54, 1.807) is 9.58 Å². The van der Waals surface area contributed by atoms with Crippen molar-refractivity contribution in [2.45, 2.75) is 37.4 Å². The highest BCUT2D eigenvalue weighted by atomic mass is 32.2. The minimum Gasteiger partial charge on any atom is -0.338 e. The maximum absolute atomic E-state index is 12.8. The molecule has 1 aromatic heterocycles. The molecule has 0 saturated carbocycles. The van der Waals surface area contributed by atoms with Gasteiger partial charge in [0, 0.05) is 12.6 Å². The van der Waals surface area contributed by atoms with Crippen LogP contribution in [0.15, 0.2) is 35.5 Å².